The van der Waals surface area contributed by atoms with Crippen LogP contribution in [-0.2, 0) is 4.74 Å². The molecule has 2 saturated heterocycles. The molecule has 176 valence electrons. The smallest absolute Gasteiger partial charge is 0.267 e. The van der Waals surface area contributed by atoms with Crippen molar-refractivity contribution < 1.29 is 9.53 Å². The third-order valence-electron chi connectivity index (χ3n) is 5.84. The number of hydrogen-bond acceptors (Lipinski definition) is 7. The number of nitrogens with two attached hydrogens (primary N) is 1. The van der Waals surface area contributed by atoms with Gasteiger partial charge in [-0.15, -0.1) is 0 Å². The summed E-state index contributed by atoms with van der Waals surface area (Å²) in [5.74, 6) is -0.186. The number of hydrogen-bond donors (Lipinski definition) is 3. The van der Waals surface area contributed by atoms with Crippen molar-refractivity contribution in [2.24, 2.45) is 0 Å². The highest BCUT2D eigenvalue weighted by Gasteiger charge is 2.25. The fraction of sp³-hybridized carbons (Fsp3) is 0.391. The van der Waals surface area contributed by atoms with Gasteiger partial charge in [-0.25, -0.2) is 5.01 Å². The molecule has 1 atom stereocenters. The van der Waals surface area contributed by atoms with Crippen LogP contribution in [0.2, 0.25) is 0 Å². The van der Waals surface area contributed by atoms with Gasteiger partial charge in [0.25, 0.3) is 5.91 Å². The van der Waals surface area contributed by atoms with E-state index in [0.29, 0.717) is 43.2 Å². The summed E-state index contributed by atoms with van der Waals surface area (Å²) in [6, 6.07) is 5.86. The zero-order valence-electron chi connectivity index (χ0n) is 18.3. The number of nitrogens with one attached hydrogen (secondary N) is 2. The van der Waals surface area contributed by atoms with Gasteiger partial charge in [-0.2, -0.15) is 0 Å². The molecule has 1 amide bonds. The highest BCUT2D eigenvalue weighted by Crippen LogP contribution is 2.31. The Kier molecular flexibility index (Phi) is 8.10. The molecule has 1 aromatic carbocycles. The van der Waals surface area contributed by atoms with E-state index in [2.05, 4.69) is 71.8 Å². The Hall–Kier alpha value is -1.89. The Bertz CT molecular complexity index is 1030. The topological polar surface area (TPSA) is 95.8 Å². The highest BCUT2D eigenvalue weighted by atomic mass is 127. The van der Waals surface area contributed by atoms with Gasteiger partial charge < -0.3 is 20.7 Å². The molecule has 0 unspecified atom stereocenters. The number of aromatic nitrogens is 1. The second-order valence-electron chi connectivity index (χ2n) is 8.23. The van der Waals surface area contributed by atoms with E-state index >= 15 is 0 Å². The Morgan fingerprint density at radius 3 is 2.79 bits per heavy atom. The third kappa shape index (κ3) is 6.17. The molecule has 10 heteroatoms. The molecule has 33 heavy (non-hydrogen) atoms. The highest BCUT2D eigenvalue weighted by molar-refractivity contribution is 14.1. The first kappa shape index (κ1) is 24.2. The maximum absolute atomic E-state index is 13.1. The van der Waals surface area contributed by atoms with Crippen LogP contribution in [0.5, 0.6) is 0 Å². The number of nitrogens with zero attached hydrogens (tertiary/aromatic N) is 3. The largest absolute Gasteiger partial charge is 0.397 e. The molecule has 2 aromatic rings. The van der Waals surface area contributed by atoms with E-state index in [1.165, 1.54) is 0 Å². The van der Waals surface area contributed by atoms with Gasteiger partial charge in [-0.3, -0.25) is 15.2 Å². The number of carbonyl (C=O) groups excluding carboxylic acids is 1. The normalized spacial score (nSPS) is 19.2. The monoisotopic (exact) mass is 626 g/mol. The number of carbonyl (C=O) groups is 1. The minimum absolute atomic E-state index is 0.129. The SMILES string of the molecule is C=C(c1cncc(I)c1)N1CCC[C@@H](Nc2c(N)cc(Br)cc2C(=O)NN2CCOCC2)C1. The number of nitrogen functional groups attached to an aromatic ring is 1. The van der Waals surface area contributed by atoms with E-state index in [1.807, 2.05) is 29.5 Å². The number of amides is 1. The fourth-order valence-corrected chi connectivity index (χ4v) is 5.12. The fourth-order valence-electron chi connectivity index (χ4n) is 4.14. The molecule has 2 fully saturated rings. The molecular weight excluding hydrogens is 599 g/mol. The number of ether oxygens (including phenoxy) is 1. The van der Waals surface area contributed by atoms with Crippen LogP contribution in [0.4, 0.5) is 11.4 Å². The molecular formula is C23H28BrIN6O2. The van der Waals surface area contributed by atoms with Crippen LogP contribution in [0.1, 0.15) is 28.8 Å². The maximum atomic E-state index is 13.1. The van der Waals surface area contributed by atoms with Crippen molar-refractivity contribution in [3.05, 3.63) is 56.3 Å². The first-order valence-electron chi connectivity index (χ1n) is 10.9. The molecule has 4 N–H and O–H groups in total. The van der Waals surface area contributed by atoms with E-state index < -0.39 is 0 Å². The molecule has 0 radical (unpaired) electrons. The maximum Gasteiger partial charge on any atom is 0.267 e. The third-order valence-corrected chi connectivity index (χ3v) is 6.89. The number of pyridine rings is 1. The predicted octanol–water partition coefficient (Wildman–Crippen LogP) is 3.56. The quantitative estimate of drug-likeness (QED) is 0.333. The summed E-state index contributed by atoms with van der Waals surface area (Å²) in [6.07, 6.45) is 5.67. The summed E-state index contributed by atoms with van der Waals surface area (Å²) in [7, 11) is 0. The lowest BCUT2D eigenvalue weighted by molar-refractivity contribution is 0.0126. The number of morpholine rings is 1. The van der Waals surface area contributed by atoms with Gasteiger partial charge in [0.1, 0.15) is 0 Å². The van der Waals surface area contributed by atoms with Gasteiger partial charge >= 0.3 is 0 Å². The van der Waals surface area contributed by atoms with Crippen LogP contribution in [-0.4, -0.2) is 66.2 Å². The number of piperidine rings is 1. The molecule has 8 nitrogen and oxygen atoms in total. The molecule has 1 aromatic heterocycles. The van der Waals surface area contributed by atoms with Gasteiger partial charge in [-0.05, 0) is 53.6 Å². The van der Waals surface area contributed by atoms with Crippen LogP contribution in [0.15, 0.2) is 41.6 Å². The van der Waals surface area contributed by atoms with Crippen molar-refractivity contribution in [1.29, 1.82) is 0 Å². The van der Waals surface area contributed by atoms with Crippen molar-refractivity contribution in [1.82, 2.24) is 20.3 Å². The summed E-state index contributed by atoms with van der Waals surface area (Å²) in [5.41, 5.74) is 13.1. The van der Waals surface area contributed by atoms with E-state index in [1.54, 1.807) is 0 Å². The first-order chi connectivity index (χ1) is 15.9. The number of anilines is 2. The molecule has 2 aliphatic heterocycles. The lowest BCUT2D eigenvalue weighted by Crippen LogP contribution is -2.48. The molecule has 2 aliphatic rings. The van der Waals surface area contributed by atoms with E-state index in [-0.39, 0.29) is 11.9 Å². The van der Waals surface area contributed by atoms with Gasteiger partial charge in [0, 0.05) is 63.9 Å². The summed E-state index contributed by atoms with van der Waals surface area (Å²) < 4.78 is 7.21. The standard InChI is InChI=1S/C23H28BrIN6O2/c1-15(16-9-18(25)13-27-12-16)30-4-2-3-19(14-30)28-22-20(10-17(24)11-21(22)26)23(32)29-31-5-7-33-8-6-31/h9-13,19,28H,1-8,14,26H2,(H,29,32)/t19-/m1/s1. The van der Waals surface area contributed by atoms with Crippen molar-refractivity contribution in [3.8, 4) is 0 Å². The van der Waals surface area contributed by atoms with Crippen LogP contribution in [0.3, 0.4) is 0 Å². The Balaban J connectivity index is 1.49. The molecule has 0 bridgehead atoms. The number of likely N-dealkylation sites (tertiary alicyclic amines) is 1. The van der Waals surface area contributed by atoms with E-state index in [4.69, 9.17) is 10.5 Å². The molecule has 0 spiro atoms. The number of rotatable bonds is 6. The predicted molar refractivity (Wildman–Crippen MR) is 143 cm³/mol. The Labute approximate surface area is 216 Å². The minimum Gasteiger partial charge on any atom is -0.397 e. The van der Waals surface area contributed by atoms with Gasteiger partial charge in [0.2, 0.25) is 0 Å². The van der Waals surface area contributed by atoms with Crippen molar-refractivity contribution >= 4 is 61.5 Å². The summed E-state index contributed by atoms with van der Waals surface area (Å²) in [5, 5.41) is 5.44. The second kappa shape index (κ2) is 11.0. The summed E-state index contributed by atoms with van der Waals surface area (Å²) in [6.45, 7) is 8.53. The number of hydrazine groups is 1. The lowest BCUT2D eigenvalue weighted by atomic mass is 10.0. The summed E-state index contributed by atoms with van der Waals surface area (Å²) >= 11 is 5.74. The second-order valence-corrected chi connectivity index (χ2v) is 10.4. The van der Waals surface area contributed by atoms with Gasteiger partial charge in [-0.1, -0.05) is 22.5 Å². The van der Waals surface area contributed by atoms with Gasteiger partial charge in [0.05, 0.1) is 30.2 Å². The number of benzene rings is 1. The molecule has 4 rings (SSSR count). The number of halogens is 2. The molecule has 0 aliphatic carbocycles. The molecule has 3 heterocycles. The van der Waals surface area contributed by atoms with Gasteiger partial charge in [0.15, 0.2) is 0 Å². The zero-order chi connectivity index (χ0) is 23.4. The Morgan fingerprint density at radius 1 is 1.24 bits per heavy atom. The minimum atomic E-state index is -0.186. The summed E-state index contributed by atoms with van der Waals surface area (Å²) in [4.78, 5) is 19.7. The van der Waals surface area contributed by atoms with Crippen molar-refractivity contribution in [2.75, 3.05) is 50.4 Å². The van der Waals surface area contributed by atoms with Crippen LogP contribution < -0.4 is 16.5 Å². The average molecular weight is 627 g/mol. The lowest BCUT2D eigenvalue weighted by Gasteiger charge is -2.37. The van der Waals surface area contributed by atoms with Crippen LogP contribution in [0.25, 0.3) is 5.70 Å². The first-order valence-corrected chi connectivity index (χ1v) is 12.8. The zero-order valence-corrected chi connectivity index (χ0v) is 22.1. The molecule has 0 saturated carbocycles. The average Bonchev–Trinajstić information content (AvgIpc) is 2.81. The van der Waals surface area contributed by atoms with Crippen LogP contribution in [0, 0.1) is 3.57 Å². The van der Waals surface area contributed by atoms with E-state index in [9.17, 15) is 4.79 Å². The van der Waals surface area contributed by atoms with Crippen LogP contribution >= 0.6 is 38.5 Å². The van der Waals surface area contributed by atoms with Crippen molar-refractivity contribution in [2.45, 2.75) is 18.9 Å². The Morgan fingerprint density at radius 2 is 2.03 bits per heavy atom. The van der Waals surface area contributed by atoms with Crippen molar-refractivity contribution in [3.63, 3.8) is 0 Å². The van der Waals surface area contributed by atoms with E-state index in [0.717, 1.165) is 45.2 Å².